The smallest absolute Gasteiger partial charge is 0.325 e. The zero-order chi connectivity index (χ0) is 20.0. The number of esters is 1. The lowest BCUT2D eigenvalue weighted by molar-refractivity contribution is -0.150. The maximum absolute atomic E-state index is 13.4. The van der Waals surface area contributed by atoms with Gasteiger partial charge >= 0.3 is 5.97 Å². The minimum absolute atomic E-state index is 0.0539. The standard InChI is InChI=1S/C21H24N2O5/c1-12-10-15(12)16-8-5-9-17(21(27)22(16)11-18(24)28-2)23-19(25)13-6-3-4-7-14(13)20(23)26/h3-4,6-7,12,15-17H,5,8-11H2,1-2H3/t12?,15?,16-,17+/m1/s1. The lowest BCUT2D eigenvalue weighted by Crippen LogP contribution is -2.53. The van der Waals surface area contributed by atoms with Crippen molar-refractivity contribution in [2.24, 2.45) is 11.8 Å². The van der Waals surface area contributed by atoms with Crippen molar-refractivity contribution in [3.05, 3.63) is 35.4 Å². The van der Waals surface area contributed by atoms with E-state index in [1.165, 1.54) is 7.11 Å². The Kier molecular flexibility index (Phi) is 4.69. The molecule has 2 unspecified atom stereocenters. The molecule has 1 saturated carbocycles. The number of hydrogen-bond acceptors (Lipinski definition) is 5. The highest BCUT2D eigenvalue weighted by atomic mass is 16.5. The van der Waals surface area contributed by atoms with Gasteiger partial charge in [-0.3, -0.25) is 24.1 Å². The minimum atomic E-state index is -0.879. The first-order valence-corrected chi connectivity index (χ1v) is 9.78. The summed E-state index contributed by atoms with van der Waals surface area (Å²) >= 11 is 0. The SMILES string of the molecule is COC(=O)CN1C(=O)[C@@H](N2C(=O)c3ccccc3C2=O)CCC[C@@H]1C1CC1C. The number of hydrogen-bond donors (Lipinski definition) is 0. The van der Waals surface area contributed by atoms with Gasteiger partial charge in [-0.05, 0) is 49.7 Å². The van der Waals surface area contributed by atoms with E-state index in [9.17, 15) is 19.2 Å². The third-order valence-electron chi connectivity index (χ3n) is 6.28. The van der Waals surface area contributed by atoms with Crippen molar-refractivity contribution in [1.29, 1.82) is 0 Å². The molecule has 3 aliphatic rings. The molecule has 0 aromatic heterocycles. The number of methoxy groups -OCH3 is 1. The summed E-state index contributed by atoms with van der Waals surface area (Å²) in [5.41, 5.74) is 0.660. The van der Waals surface area contributed by atoms with Gasteiger partial charge in [-0.2, -0.15) is 0 Å². The highest BCUT2D eigenvalue weighted by molar-refractivity contribution is 6.22. The van der Waals surface area contributed by atoms with Gasteiger partial charge in [0.25, 0.3) is 11.8 Å². The quantitative estimate of drug-likeness (QED) is 0.584. The summed E-state index contributed by atoms with van der Waals surface area (Å²) in [5, 5.41) is 0. The summed E-state index contributed by atoms with van der Waals surface area (Å²) in [6.07, 6.45) is 2.92. The van der Waals surface area contributed by atoms with Crippen LogP contribution in [-0.2, 0) is 14.3 Å². The molecule has 0 N–H and O–H groups in total. The van der Waals surface area contributed by atoms with Crippen molar-refractivity contribution in [3.8, 4) is 0 Å². The molecule has 3 amide bonds. The Bertz CT molecular complexity index is 816. The number of likely N-dealkylation sites (tertiary alicyclic amines) is 1. The third kappa shape index (κ3) is 2.99. The molecule has 7 heteroatoms. The first kappa shape index (κ1) is 18.7. The van der Waals surface area contributed by atoms with Gasteiger partial charge in [-0.25, -0.2) is 0 Å². The number of benzene rings is 1. The van der Waals surface area contributed by atoms with E-state index in [4.69, 9.17) is 4.74 Å². The lowest BCUT2D eigenvalue weighted by atomic mass is 10.0. The largest absolute Gasteiger partial charge is 0.468 e. The molecule has 148 valence electrons. The molecule has 2 fully saturated rings. The van der Waals surface area contributed by atoms with Crippen LogP contribution >= 0.6 is 0 Å². The summed E-state index contributed by atoms with van der Waals surface area (Å²) in [6.45, 7) is 1.99. The number of carbonyl (C=O) groups excluding carboxylic acids is 4. The fourth-order valence-electron chi connectivity index (χ4n) is 4.62. The van der Waals surface area contributed by atoms with Crippen LogP contribution in [0.1, 0.15) is 53.3 Å². The number of carbonyl (C=O) groups is 4. The van der Waals surface area contributed by atoms with Gasteiger partial charge in [0.15, 0.2) is 0 Å². The van der Waals surface area contributed by atoms with Crippen molar-refractivity contribution in [3.63, 3.8) is 0 Å². The molecule has 2 heterocycles. The van der Waals surface area contributed by atoms with Gasteiger partial charge in [0.2, 0.25) is 5.91 Å². The van der Waals surface area contributed by atoms with E-state index in [0.29, 0.717) is 29.4 Å². The second-order valence-electron chi connectivity index (χ2n) is 7.96. The number of ether oxygens (including phenoxy) is 1. The molecule has 2 aliphatic heterocycles. The molecule has 1 aromatic rings. The van der Waals surface area contributed by atoms with E-state index in [1.54, 1.807) is 29.2 Å². The maximum Gasteiger partial charge on any atom is 0.325 e. The highest BCUT2D eigenvalue weighted by Crippen LogP contribution is 2.45. The summed E-state index contributed by atoms with van der Waals surface area (Å²) in [7, 11) is 1.29. The average Bonchev–Trinajstić information content (AvgIpc) is 3.39. The van der Waals surface area contributed by atoms with E-state index in [-0.39, 0.29) is 18.5 Å². The molecule has 7 nitrogen and oxygen atoms in total. The number of imide groups is 1. The van der Waals surface area contributed by atoms with E-state index in [2.05, 4.69) is 6.92 Å². The topological polar surface area (TPSA) is 84.0 Å². The Morgan fingerprint density at radius 2 is 1.71 bits per heavy atom. The molecule has 1 saturated heterocycles. The highest BCUT2D eigenvalue weighted by Gasteiger charge is 2.50. The molecular weight excluding hydrogens is 360 g/mol. The summed E-state index contributed by atoms with van der Waals surface area (Å²) in [6, 6.07) is 5.69. The predicted octanol–water partition coefficient (Wildman–Crippen LogP) is 1.86. The van der Waals surface area contributed by atoms with Crippen molar-refractivity contribution in [2.45, 2.75) is 44.7 Å². The zero-order valence-corrected chi connectivity index (χ0v) is 16.1. The Morgan fingerprint density at radius 1 is 1.11 bits per heavy atom. The van der Waals surface area contributed by atoms with Crippen molar-refractivity contribution >= 4 is 23.7 Å². The molecule has 4 atom stereocenters. The second-order valence-corrected chi connectivity index (χ2v) is 7.96. The average molecular weight is 384 g/mol. The fourth-order valence-corrected chi connectivity index (χ4v) is 4.62. The second kappa shape index (κ2) is 7.04. The van der Waals surface area contributed by atoms with Gasteiger partial charge in [0.1, 0.15) is 12.6 Å². The monoisotopic (exact) mass is 384 g/mol. The Labute approximate surface area is 163 Å². The molecule has 1 aliphatic carbocycles. The third-order valence-corrected chi connectivity index (χ3v) is 6.28. The van der Waals surface area contributed by atoms with E-state index in [0.717, 1.165) is 24.2 Å². The van der Waals surface area contributed by atoms with Crippen molar-refractivity contribution < 1.29 is 23.9 Å². The van der Waals surface area contributed by atoms with Crippen LogP contribution in [0.5, 0.6) is 0 Å². The minimum Gasteiger partial charge on any atom is -0.468 e. The van der Waals surface area contributed by atoms with E-state index >= 15 is 0 Å². The van der Waals surface area contributed by atoms with Crippen LogP contribution in [0.15, 0.2) is 24.3 Å². The summed E-state index contributed by atoms with van der Waals surface area (Å²) < 4.78 is 4.79. The maximum atomic E-state index is 13.4. The van der Waals surface area contributed by atoms with E-state index < -0.39 is 23.8 Å². The number of rotatable bonds is 4. The summed E-state index contributed by atoms with van der Waals surface area (Å²) in [5.74, 6) is -0.829. The Morgan fingerprint density at radius 3 is 2.25 bits per heavy atom. The summed E-state index contributed by atoms with van der Waals surface area (Å²) in [4.78, 5) is 53.8. The lowest BCUT2D eigenvalue weighted by Gasteiger charge is -2.33. The molecule has 1 aromatic carbocycles. The number of nitrogens with zero attached hydrogens (tertiary/aromatic N) is 2. The van der Waals surface area contributed by atoms with E-state index in [1.807, 2.05) is 0 Å². The van der Waals surface area contributed by atoms with Gasteiger partial charge in [0.05, 0.1) is 18.2 Å². The Balaban J connectivity index is 1.65. The van der Waals surface area contributed by atoms with Crippen LogP contribution in [-0.4, -0.2) is 59.2 Å². The number of fused-ring (bicyclic) bond motifs is 1. The zero-order valence-electron chi connectivity index (χ0n) is 16.1. The first-order chi connectivity index (χ1) is 13.4. The van der Waals surface area contributed by atoms with Crippen LogP contribution in [0.25, 0.3) is 0 Å². The van der Waals surface area contributed by atoms with Gasteiger partial charge in [-0.15, -0.1) is 0 Å². The van der Waals surface area contributed by atoms with Gasteiger partial charge in [0, 0.05) is 6.04 Å². The normalized spacial score (nSPS) is 29.6. The molecule has 0 bridgehead atoms. The van der Waals surface area contributed by atoms with Crippen LogP contribution < -0.4 is 0 Å². The fraction of sp³-hybridized carbons (Fsp3) is 0.524. The van der Waals surface area contributed by atoms with Crippen LogP contribution in [0.4, 0.5) is 0 Å². The molecule has 0 radical (unpaired) electrons. The number of amides is 3. The molecule has 0 spiro atoms. The first-order valence-electron chi connectivity index (χ1n) is 9.78. The van der Waals surface area contributed by atoms with Crippen LogP contribution in [0.2, 0.25) is 0 Å². The predicted molar refractivity (Wildman–Crippen MR) is 99.4 cm³/mol. The molecular formula is C21H24N2O5. The Hall–Kier alpha value is -2.70. The van der Waals surface area contributed by atoms with Crippen molar-refractivity contribution in [1.82, 2.24) is 9.80 Å². The van der Waals surface area contributed by atoms with Gasteiger partial charge < -0.3 is 9.64 Å². The van der Waals surface area contributed by atoms with Crippen molar-refractivity contribution in [2.75, 3.05) is 13.7 Å². The molecule has 28 heavy (non-hydrogen) atoms. The van der Waals surface area contributed by atoms with Gasteiger partial charge in [-0.1, -0.05) is 19.1 Å². The van der Waals surface area contributed by atoms with Crippen LogP contribution in [0, 0.1) is 11.8 Å². The van der Waals surface area contributed by atoms with Crippen LogP contribution in [0.3, 0.4) is 0 Å². The molecule has 4 rings (SSSR count).